The van der Waals surface area contributed by atoms with Gasteiger partial charge < -0.3 is 15.0 Å². The highest BCUT2D eigenvalue weighted by Gasteiger charge is 2.35. The van der Waals surface area contributed by atoms with Gasteiger partial charge in [-0.2, -0.15) is 0 Å². The number of hydrogen-bond acceptors (Lipinski definition) is 5. The smallest absolute Gasteiger partial charge is 0.264 e. The van der Waals surface area contributed by atoms with E-state index in [4.69, 9.17) is 16.3 Å². The summed E-state index contributed by atoms with van der Waals surface area (Å²) < 4.78 is 35.0. The van der Waals surface area contributed by atoms with Gasteiger partial charge in [0, 0.05) is 24.5 Å². The molecule has 0 aliphatic heterocycles. The molecule has 0 aliphatic rings. The number of halogens is 1. The van der Waals surface area contributed by atoms with Gasteiger partial charge in [0.2, 0.25) is 11.8 Å². The molecule has 0 radical (unpaired) electrons. The molecular weight excluding hydrogens is 610 g/mol. The molecule has 4 rings (SSSR count). The molecule has 4 aromatic carbocycles. The Balaban J connectivity index is 1.83. The van der Waals surface area contributed by atoms with E-state index in [1.54, 1.807) is 24.3 Å². The van der Waals surface area contributed by atoms with Crippen LogP contribution in [0.5, 0.6) is 5.75 Å². The van der Waals surface area contributed by atoms with Crippen LogP contribution in [0.15, 0.2) is 108 Å². The van der Waals surface area contributed by atoms with Crippen molar-refractivity contribution >= 4 is 39.1 Å². The summed E-state index contributed by atoms with van der Waals surface area (Å²) in [5.74, 6) is -0.665. The van der Waals surface area contributed by atoms with Gasteiger partial charge in [0.1, 0.15) is 18.3 Å². The van der Waals surface area contributed by atoms with Crippen molar-refractivity contribution in [1.82, 2.24) is 10.2 Å². The van der Waals surface area contributed by atoms with Gasteiger partial charge in [0.25, 0.3) is 10.0 Å². The van der Waals surface area contributed by atoms with E-state index in [-0.39, 0.29) is 40.2 Å². The number of amides is 2. The highest BCUT2D eigenvalue weighted by molar-refractivity contribution is 7.92. The van der Waals surface area contributed by atoms with Gasteiger partial charge in [-0.3, -0.25) is 13.9 Å². The average Bonchev–Trinajstić information content (AvgIpc) is 3.05. The summed E-state index contributed by atoms with van der Waals surface area (Å²) in [5, 5.41) is 3.21. The molecule has 1 unspecified atom stereocenters. The molecule has 0 saturated heterocycles. The van der Waals surface area contributed by atoms with Crippen LogP contribution in [0.4, 0.5) is 5.69 Å². The highest BCUT2D eigenvalue weighted by Crippen LogP contribution is 2.35. The van der Waals surface area contributed by atoms with Crippen molar-refractivity contribution in [2.24, 2.45) is 0 Å². The fourth-order valence-corrected chi connectivity index (χ4v) is 6.49. The predicted octanol–water partition coefficient (Wildman–Crippen LogP) is 6.02. The maximum absolute atomic E-state index is 14.5. The van der Waals surface area contributed by atoms with Gasteiger partial charge in [-0.1, -0.05) is 96.9 Å². The van der Waals surface area contributed by atoms with Crippen molar-refractivity contribution in [2.45, 2.75) is 44.2 Å². The van der Waals surface area contributed by atoms with Gasteiger partial charge in [0.15, 0.2) is 0 Å². The zero-order valence-corrected chi connectivity index (χ0v) is 27.2. The van der Waals surface area contributed by atoms with E-state index < -0.39 is 28.5 Å². The van der Waals surface area contributed by atoms with Crippen molar-refractivity contribution in [1.29, 1.82) is 0 Å². The largest absolute Gasteiger partial charge is 0.495 e. The maximum Gasteiger partial charge on any atom is 0.264 e. The third-order valence-corrected chi connectivity index (χ3v) is 9.32. The molecule has 8 nitrogen and oxygen atoms in total. The molecule has 45 heavy (non-hydrogen) atoms. The number of hydrogen-bond donors (Lipinski definition) is 1. The van der Waals surface area contributed by atoms with E-state index in [1.807, 2.05) is 74.5 Å². The van der Waals surface area contributed by atoms with Crippen LogP contribution in [0.2, 0.25) is 5.02 Å². The summed E-state index contributed by atoms with van der Waals surface area (Å²) in [6.45, 7) is 3.72. The van der Waals surface area contributed by atoms with Crippen molar-refractivity contribution in [3.63, 3.8) is 0 Å². The number of sulfonamides is 1. The Morgan fingerprint density at radius 1 is 0.889 bits per heavy atom. The minimum absolute atomic E-state index is 0.000868. The Labute approximate surface area is 270 Å². The van der Waals surface area contributed by atoms with Gasteiger partial charge in [-0.25, -0.2) is 8.42 Å². The first-order valence-corrected chi connectivity index (χ1v) is 16.5. The number of anilines is 1. The molecule has 0 spiro atoms. The zero-order chi connectivity index (χ0) is 32.4. The lowest BCUT2D eigenvalue weighted by atomic mass is 10.0. The number of rotatable bonds is 14. The van der Waals surface area contributed by atoms with Crippen molar-refractivity contribution in [3.8, 4) is 5.75 Å². The van der Waals surface area contributed by atoms with Gasteiger partial charge in [-0.15, -0.1) is 0 Å². The van der Waals surface area contributed by atoms with E-state index in [0.29, 0.717) is 13.0 Å². The summed E-state index contributed by atoms with van der Waals surface area (Å²) in [5.41, 5.74) is 2.64. The highest BCUT2D eigenvalue weighted by atomic mass is 35.5. The zero-order valence-electron chi connectivity index (χ0n) is 25.6. The molecule has 1 atom stereocenters. The standard InChI is InChI=1S/C35H38ClN3O5S/c1-4-21-37-35(41)32(22-27-11-7-5-8-12-27)38(24-28-13-9-6-10-14-28)34(40)25-39(31-23-29(36)17-20-33(31)44-3)45(42,43)30-18-15-26(2)16-19-30/h5-20,23,32H,4,21-22,24-25H2,1-3H3,(H,37,41). The Morgan fingerprint density at radius 2 is 1.51 bits per heavy atom. The molecule has 236 valence electrons. The monoisotopic (exact) mass is 647 g/mol. The molecule has 4 aromatic rings. The van der Waals surface area contributed by atoms with Crippen LogP contribution in [0, 0.1) is 6.92 Å². The molecule has 0 bridgehead atoms. The minimum atomic E-state index is -4.29. The molecular formula is C35H38ClN3O5S. The van der Waals surface area contributed by atoms with Crippen LogP contribution in [-0.2, 0) is 32.6 Å². The first kappa shape index (κ1) is 33.6. The quantitative estimate of drug-likeness (QED) is 0.181. The SMILES string of the molecule is CCCNC(=O)C(Cc1ccccc1)N(Cc1ccccc1)C(=O)CN(c1cc(Cl)ccc1OC)S(=O)(=O)c1ccc(C)cc1. The Bertz CT molecular complexity index is 1680. The number of carbonyl (C=O) groups excluding carboxylic acids is 2. The van der Waals surface area contributed by atoms with E-state index >= 15 is 0 Å². The maximum atomic E-state index is 14.5. The first-order chi connectivity index (χ1) is 21.6. The van der Waals surface area contributed by atoms with Crippen molar-refractivity contribution in [2.75, 3.05) is 24.5 Å². The topological polar surface area (TPSA) is 96.0 Å². The number of methoxy groups -OCH3 is 1. The summed E-state index contributed by atoms with van der Waals surface area (Å²) in [7, 11) is -2.88. The van der Waals surface area contributed by atoms with Crippen molar-refractivity contribution in [3.05, 3.63) is 125 Å². The summed E-state index contributed by atoms with van der Waals surface area (Å²) >= 11 is 6.35. The lowest BCUT2D eigenvalue weighted by molar-refractivity contribution is -0.140. The van der Waals surface area contributed by atoms with Crippen LogP contribution in [-0.4, -0.2) is 51.4 Å². The van der Waals surface area contributed by atoms with Crippen LogP contribution < -0.4 is 14.4 Å². The predicted molar refractivity (Wildman–Crippen MR) is 178 cm³/mol. The molecule has 10 heteroatoms. The molecule has 0 fully saturated rings. The summed E-state index contributed by atoms with van der Waals surface area (Å²) in [6, 6.07) is 28.8. The normalized spacial score (nSPS) is 11.8. The number of ether oxygens (including phenoxy) is 1. The van der Waals surface area contributed by atoms with E-state index in [1.165, 1.54) is 30.2 Å². The van der Waals surface area contributed by atoms with Crippen molar-refractivity contribution < 1.29 is 22.7 Å². The number of benzene rings is 4. The summed E-state index contributed by atoms with van der Waals surface area (Å²) in [6.07, 6.45) is 0.952. The first-order valence-electron chi connectivity index (χ1n) is 14.7. The third kappa shape index (κ3) is 8.65. The molecule has 0 aromatic heterocycles. The molecule has 0 saturated carbocycles. The molecule has 0 aliphatic carbocycles. The van der Waals surface area contributed by atoms with Gasteiger partial charge in [0.05, 0.1) is 17.7 Å². The summed E-state index contributed by atoms with van der Waals surface area (Å²) in [4.78, 5) is 29.7. The molecule has 2 amide bonds. The van der Waals surface area contributed by atoms with E-state index in [2.05, 4.69) is 5.32 Å². The van der Waals surface area contributed by atoms with Crippen LogP contribution in [0.25, 0.3) is 0 Å². The van der Waals surface area contributed by atoms with E-state index in [9.17, 15) is 18.0 Å². The lowest BCUT2D eigenvalue weighted by Crippen LogP contribution is -2.53. The number of nitrogens with zero attached hydrogens (tertiary/aromatic N) is 2. The van der Waals surface area contributed by atoms with E-state index in [0.717, 1.165) is 21.0 Å². The van der Waals surface area contributed by atoms with Gasteiger partial charge >= 0.3 is 0 Å². The fraction of sp³-hybridized carbons (Fsp3) is 0.257. The fourth-order valence-electron chi connectivity index (χ4n) is 4.91. The number of aryl methyl sites for hydroxylation is 1. The molecule has 0 heterocycles. The average molecular weight is 648 g/mol. The molecule has 1 N–H and O–H groups in total. The Hall–Kier alpha value is -4.34. The number of carbonyl (C=O) groups is 2. The Morgan fingerprint density at radius 3 is 2.11 bits per heavy atom. The second-order valence-electron chi connectivity index (χ2n) is 10.6. The number of nitrogens with one attached hydrogen (secondary N) is 1. The van der Waals surface area contributed by atoms with Crippen LogP contribution in [0.3, 0.4) is 0 Å². The van der Waals surface area contributed by atoms with Crippen LogP contribution >= 0.6 is 11.6 Å². The van der Waals surface area contributed by atoms with Gasteiger partial charge in [-0.05, 0) is 54.8 Å². The van der Waals surface area contributed by atoms with Crippen LogP contribution in [0.1, 0.15) is 30.0 Å². The second-order valence-corrected chi connectivity index (χ2v) is 12.9. The third-order valence-electron chi connectivity index (χ3n) is 7.31. The second kappa shape index (κ2) is 15.6. The Kier molecular flexibility index (Phi) is 11.6. The minimum Gasteiger partial charge on any atom is -0.495 e. The lowest BCUT2D eigenvalue weighted by Gasteiger charge is -2.34.